The van der Waals surface area contributed by atoms with Gasteiger partial charge in [0.05, 0.1) is 11.1 Å². The quantitative estimate of drug-likeness (QED) is 0.388. The van der Waals surface area contributed by atoms with Gasteiger partial charge < -0.3 is 9.55 Å². The van der Waals surface area contributed by atoms with E-state index in [0.29, 0.717) is 11.3 Å². The zero-order valence-corrected chi connectivity index (χ0v) is 17.8. The van der Waals surface area contributed by atoms with Crippen LogP contribution in [0.15, 0.2) is 91.3 Å². The van der Waals surface area contributed by atoms with Gasteiger partial charge in [0.25, 0.3) is 11.8 Å². The van der Waals surface area contributed by atoms with Crippen LogP contribution >= 0.6 is 0 Å². The summed E-state index contributed by atoms with van der Waals surface area (Å²) >= 11 is 0. The maximum absolute atomic E-state index is 12.9. The van der Waals surface area contributed by atoms with Crippen molar-refractivity contribution in [2.45, 2.75) is 12.8 Å². The third-order valence-corrected chi connectivity index (χ3v) is 6.31. The minimum atomic E-state index is -0.383. The molecule has 2 amide bonds. The Hall–Kier alpha value is -4.38. The van der Waals surface area contributed by atoms with Crippen LogP contribution in [0.25, 0.3) is 33.1 Å². The molecule has 5 heteroatoms. The number of imide groups is 1. The predicted octanol–water partition coefficient (Wildman–Crippen LogP) is 4.93. The van der Waals surface area contributed by atoms with Gasteiger partial charge in [-0.1, -0.05) is 54.6 Å². The molecule has 6 rings (SSSR count). The number of aromatic amines is 1. The van der Waals surface area contributed by atoms with Crippen molar-refractivity contribution in [3.8, 4) is 0 Å². The van der Waals surface area contributed by atoms with Gasteiger partial charge >= 0.3 is 0 Å². The van der Waals surface area contributed by atoms with Crippen LogP contribution in [-0.4, -0.2) is 21.4 Å². The summed E-state index contributed by atoms with van der Waals surface area (Å²) in [4.78, 5) is 29.1. The van der Waals surface area contributed by atoms with Gasteiger partial charge in [0, 0.05) is 28.9 Å². The minimum absolute atomic E-state index is 0.358. The first-order valence-corrected chi connectivity index (χ1v) is 11.0. The fraction of sp³-hybridized carbons (Fsp3) is 0.0714. The van der Waals surface area contributed by atoms with Crippen molar-refractivity contribution in [3.05, 3.63) is 108 Å². The summed E-state index contributed by atoms with van der Waals surface area (Å²) in [5.41, 5.74) is 5.79. The number of aryl methyl sites for hydroxylation is 2. The van der Waals surface area contributed by atoms with E-state index in [-0.39, 0.29) is 11.8 Å². The van der Waals surface area contributed by atoms with E-state index in [4.69, 9.17) is 0 Å². The van der Waals surface area contributed by atoms with Gasteiger partial charge in [-0.2, -0.15) is 0 Å². The molecule has 5 aromatic rings. The number of rotatable bonds is 5. The van der Waals surface area contributed by atoms with Crippen LogP contribution in [-0.2, 0) is 22.4 Å². The number of nitrogens with zero attached hydrogens (tertiary/aromatic N) is 1. The van der Waals surface area contributed by atoms with Gasteiger partial charge in [0.2, 0.25) is 0 Å². The number of carbonyl (C=O) groups excluding carboxylic acids is 2. The largest absolute Gasteiger partial charge is 0.361 e. The van der Waals surface area contributed by atoms with Gasteiger partial charge in [-0.15, -0.1) is 0 Å². The number of fused-ring (bicyclic) bond motifs is 2. The van der Waals surface area contributed by atoms with E-state index < -0.39 is 0 Å². The van der Waals surface area contributed by atoms with Gasteiger partial charge in [0.1, 0.15) is 5.70 Å². The van der Waals surface area contributed by atoms with Gasteiger partial charge in [-0.3, -0.25) is 14.9 Å². The Labute approximate surface area is 190 Å². The van der Waals surface area contributed by atoms with Crippen molar-refractivity contribution in [3.63, 3.8) is 0 Å². The number of para-hydroxylation sites is 1. The molecule has 0 saturated carbocycles. The first-order chi connectivity index (χ1) is 16.2. The molecule has 33 heavy (non-hydrogen) atoms. The highest BCUT2D eigenvalue weighted by Gasteiger charge is 2.34. The molecule has 1 aliphatic heterocycles. The SMILES string of the molecule is O=C1NC(=O)C(n2ccc3ccccc32)=C1c1c[nH]c2ccc(CCc3ccccc3)cc12. The lowest BCUT2D eigenvalue weighted by molar-refractivity contribution is -0.122. The molecule has 160 valence electrons. The molecule has 0 atom stereocenters. The third kappa shape index (κ3) is 3.26. The van der Waals surface area contributed by atoms with Crippen LogP contribution in [0.1, 0.15) is 16.7 Å². The molecule has 0 unspecified atom stereocenters. The highest BCUT2D eigenvalue weighted by atomic mass is 16.2. The van der Waals surface area contributed by atoms with E-state index in [1.54, 1.807) is 0 Å². The fourth-order valence-corrected chi connectivity index (χ4v) is 4.67. The van der Waals surface area contributed by atoms with Crippen molar-refractivity contribution in [1.29, 1.82) is 0 Å². The Kier molecular flexibility index (Phi) is 4.47. The van der Waals surface area contributed by atoms with Crippen LogP contribution < -0.4 is 5.32 Å². The fourth-order valence-electron chi connectivity index (χ4n) is 4.67. The van der Waals surface area contributed by atoms with Crippen molar-refractivity contribution < 1.29 is 9.59 Å². The number of hydrogen-bond acceptors (Lipinski definition) is 2. The summed E-state index contributed by atoms with van der Waals surface area (Å²) in [7, 11) is 0. The summed E-state index contributed by atoms with van der Waals surface area (Å²) in [5.74, 6) is -0.755. The van der Waals surface area contributed by atoms with E-state index in [1.807, 2.05) is 59.4 Å². The Balaban J connectivity index is 1.46. The topological polar surface area (TPSA) is 66.9 Å². The molecule has 0 saturated heterocycles. The lowest BCUT2D eigenvalue weighted by Gasteiger charge is -2.08. The summed E-state index contributed by atoms with van der Waals surface area (Å²) < 4.78 is 1.81. The molecule has 3 aromatic carbocycles. The molecule has 2 aromatic heterocycles. The van der Waals surface area contributed by atoms with E-state index in [9.17, 15) is 9.59 Å². The zero-order chi connectivity index (χ0) is 22.4. The Bertz CT molecular complexity index is 1570. The molecule has 3 heterocycles. The summed E-state index contributed by atoms with van der Waals surface area (Å²) in [6, 6.07) is 26.4. The van der Waals surface area contributed by atoms with Gasteiger partial charge in [0.15, 0.2) is 0 Å². The van der Waals surface area contributed by atoms with Crippen molar-refractivity contribution >= 4 is 44.9 Å². The molecule has 1 aliphatic rings. The van der Waals surface area contributed by atoms with Crippen LogP contribution in [0, 0.1) is 0 Å². The van der Waals surface area contributed by atoms with Crippen LogP contribution in [0.2, 0.25) is 0 Å². The van der Waals surface area contributed by atoms with Crippen LogP contribution in [0.5, 0.6) is 0 Å². The molecule has 2 N–H and O–H groups in total. The van der Waals surface area contributed by atoms with Crippen molar-refractivity contribution in [2.24, 2.45) is 0 Å². The number of hydrogen-bond donors (Lipinski definition) is 2. The number of aromatic nitrogens is 2. The molecule has 0 aliphatic carbocycles. The lowest BCUT2D eigenvalue weighted by Crippen LogP contribution is -2.23. The number of amides is 2. The standard InChI is InChI=1S/C28H21N3O2/c32-27-25(26(28(33)30-27)31-15-14-20-8-4-5-9-24(20)31)22-17-29-23-13-12-19(16-21(22)23)11-10-18-6-2-1-3-7-18/h1-9,12-17,29H,10-11H2,(H,30,32,33). The van der Waals surface area contributed by atoms with E-state index in [1.165, 1.54) is 11.1 Å². The zero-order valence-electron chi connectivity index (χ0n) is 17.8. The predicted molar refractivity (Wildman–Crippen MR) is 130 cm³/mol. The summed E-state index contributed by atoms with van der Waals surface area (Å²) in [5, 5.41) is 4.45. The average molecular weight is 431 g/mol. The first kappa shape index (κ1) is 19.3. The number of benzene rings is 3. The molecule has 0 spiro atoms. The molecular formula is C28H21N3O2. The molecular weight excluding hydrogens is 410 g/mol. The van der Waals surface area contributed by atoms with Crippen molar-refractivity contribution in [2.75, 3.05) is 0 Å². The maximum atomic E-state index is 12.9. The second-order valence-corrected chi connectivity index (χ2v) is 8.32. The second-order valence-electron chi connectivity index (χ2n) is 8.32. The Morgan fingerprint density at radius 3 is 2.42 bits per heavy atom. The van der Waals surface area contributed by atoms with E-state index in [2.05, 4.69) is 46.7 Å². The maximum Gasteiger partial charge on any atom is 0.275 e. The van der Waals surface area contributed by atoms with Gasteiger partial charge in [-0.05, 0) is 53.6 Å². The molecule has 5 nitrogen and oxygen atoms in total. The van der Waals surface area contributed by atoms with Crippen molar-refractivity contribution in [1.82, 2.24) is 14.9 Å². The molecule has 0 fully saturated rings. The van der Waals surface area contributed by atoms with Gasteiger partial charge in [-0.25, -0.2) is 0 Å². The average Bonchev–Trinajstić information content (AvgIpc) is 3.52. The number of nitrogens with one attached hydrogen (secondary N) is 2. The summed E-state index contributed by atoms with van der Waals surface area (Å²) in [6.07, 6.45) is 5.50. The van der Waals surface area contributed by atoms with E-state index >= 15 is 0 Å². The Morgan fingerprint density at radius 2 is 1.55 bits per heavy atom. The summed E-state index contributed by atoms with van der Waals surface area (Å²) in [6.45, 7) is 0. The number of H-pyrrole nitrogens is 1. The lowest BCUT2D eigenvalue weighted by atomic mass is 9.99. The van der Waals surface area contributed by atoms with E-state index in [0.717, 1.165) is 40.2 Å². The third-order valence-electron chi connectivity index (χ3n) is 6.31. The highest BCUT2D eigenvalue weighted by molar-refractivity contribution is 6.47. The smallest absolute Gasteiger partial charge is 0.275 e. The van der Waals surface area contributed by atoms with Crippen LogP contribution in [0.3, 0.4) is 0 Å². The highest BCUT2D eigenvalue weighted by Crippen LogP contribution is 2.34. The first-order valence-electron chi connectivity index (χ1n) is 11.0. The second kappa shape index (κ2) is 7.64. The van der Waals surface area contributed by atoms with Crippen LogP contribution in [0.4, 0.5) is 0 Å². The number of carbonyl (C=O) groups is 2. The molecule has 0 radical (unpaired) electrons. The normalized spacial score (nSPS) is 13.9. The minimum Gasteiger partial charge on any atom is -0.361 e. The molecule has 0 bridgehead atoms. The monoisotopic (exact) mass is 431 g/mol. The Morgan fingerprint density at radius 1 is 0.758 bits per heavy atom.